The standard InChI is InChI=1S/C22H23NOS/c1-16(2)22(24)23(14-18-9-7-8-17(3)12-18)20-13-21(25-15-20)19-10-5-4-6-11-19/h4-13,15-16H,14H2,1-3H3. The van der Waals surface area contributed by atoms with E-state index in [1.165, 1.54) is 16.0 Å². The third-order valence-corrected chi connectivity index (χ3v) is 5.11. The van der Waals surface area contributed by atoms with Crippen LogP contribution in [0.5, 0.6) is 0 Å². The number of aryl methyl sites for hydroxylation is 1. The van der Waals surface area contributed by atoms with Crippen LogP contribution < -0.4 is 4.90 Å². The van der Waals surface area contributed by atoms with Crippen LogP contribution in [-0.2, 0) is 11.3 Å². The number of rotatable bonds is 5. The molecule has 0 N–H and O–H groups in total. The molecule has 25 heavy (non-hydrogen) atoms. The summed E-state index contributed by atoms with van der Waals surface area (Å²) in [5.41, 5.74) is 4.53. The van der Waals surface area contributed by atoms with Crippen molar-refractivity contribution in [1.29, 1.82) is 0 Å². The number of nitrogens with zero attached hydrogens (tertiary/aromatic N) is 1. The van der Waals surface area contributed by atoms with E-state index < -0.39 is 0 Å². The zero-order valence-corrected chi connectivity index (χ0v) is 15.7. The minimum absolute atomic E-state index is 0.0371. The molecule has 3 heteroatoms. The van der Waals surface area contributed by atoms with Gasteiger partial charge in [-0.15, -0.1) is 11.3 Å². The van der Waals surface area contributed by atoms with Gasteiger partial charge < -0.3 is 4.90 Å². The Labute approximate surface area is 153 Å². The average molecular weight is 349 g/mol. The summed E-state index contributed by atoms with van der Waals surface area (Å²) in [6, 6.07) is 20.8. The zero-order valence-electron chi connectivity index (χ0n) is 14.9. The van der Waals surface area contributed by atoms with Crippen LogP contribution in [0.4, 0.5) is 5.69 Å². The van der Waals surface area contributed by atoms with E-state index in [0.717, 1.165) is 11.3 Å². The number of anilines is 1. The largest absolute Gasteiger partial charge is 0.307 e. The lowest BCUT2D eigenvalue weighted by molar-refractivity contribution is -0.121. The number of benzene rings is 2. The first-order valence-electron chi connectivity index (χ1n) is 8.55. The molecule has 0 radical (unpaired) electrons. The Morgan fingerprint density at radius 2 is 1.80 bits per heavy atom. The number of carbonyl (C=O) groups is 1. The molecule has 0 aliphatic heterocycles. The molecule has 1 aromatic heterocycles. The van der Waals surface area contributed by atoms with Crippen LogP contribution in [0.1, 0.15) is 25.0 Å². The Bertz CT molecular complexity index is 851. The molecule has 0 aliphatic carbocycles. The second-order valence-electron chi connectivity index (χ2n) is 6.60. The quantitative estimate of drug-likeness (QED) is 0.560. The molecule has 0 spiro atoms. The maximum Gasteiger partial charge on any atom is 0.229 e. The third kappa shape index (κ3) is 4.18. The molecule has 0 saturated carbocycles. The van der Waals surface area contributed by atoms with E-state index in [-0.39, 0.29) is 11.8 Å². The molecule has 1 amide bonds. The minimum atomic E-state index is -0.0371. The lowest BCUT2D eigenvalue weighted by Crippen LogP contribution is -2.33. The normalized spacial score (nSPS) is 10.9. The van der Waals surface area contributed by atoms with Gasteiger partial charge in [0.1, 0.15) is 0 Å². The monoisotopic (exact) mass is 349 g/mol. The number of thiophene rings is 1. The minimum Gasteiger partial charge on any atom is -0.307 e. The van der Waals surface area contributed by atoms with Crippen LogP contribution in [0.2, 0.25) is 0 Å². The number of hydrogen-bond acceptors (Lipinski definition) is 2. The molecule has 0 bridgehead atoms. The van der Waals surface area contributed by atoms with Gasteiger partial charge in [0, 0.05) is 16.2 Å². The van der Waals surface area contributed by atoms with Crippen molar-refractivity contribution in [2.75, 3.05) is 4.90 Å². The van der Waals surface area contributed by atoms with E-state index in [4.69, 9.17) is 0 Å². The second-order valence-corrected chi connectivity index (χ2v) is 7.51. The van der Waals surface area contributed by atoms with Crippen molar-refractivity contribution in [2.24, 2.45) is 5.92 Å². The van der Waals surface area contributed by atoms with Gasteiger partial charge in [-0.3, -0.25) is 4.79 Å². The van der Waals surface area contributed by atoms with Crippen molar-refractivity contribution in [3.8, 4) is 10.4 Å². The van der Waals surface area contributed by atoms with Gasteiger partial charge in [-0.25, -0.2) is 0 Å². The fraction of sp³-hybridized carbons (Fsp3) is 0.227. The van der Waals surface area contributed by atoms with Crippen LogP contribution in [0.3, 0.4) is 0 Å². The van der Waals surface area contributed by atoms with Gasteiger partial charge >= 0.3 is 0 Å². The van der Waals surface area contributed by atoms with Gasteiger partial charge in [0.15, 0.2) is 0 Å². The third-order valence-electron chi connectivity index (χ3n) is 4.14. The molecule has 2 aromatic carbocycles. The molecule has 0 atom stereocenters. The van der Waals surface area contributed by atoms with Gasteiger partial charge in [-0.1, -0.05) is 74.0 Å². The van der Waals surface area contributed by atoms with Gasteiger partial charge in [0.05, 0.1) is 12.2 Å². The predicted molar refractivity (Wildman–Crippen MR) is 107 cm³/mol. The van der Waals surface area contributed by atoms with Crippen LogP contribution in [-0.4, -0.2) is 5.91 Å². The molecular formula is C22H23NOS. The summed E-state index contributed by atoms with van der Waals surface area (Å²) in [5, 5.41) is 2.08. The van der Waals surface area contributed by atoms with Crippen LogP contribution >= 0.6 is 11.3 Å². The van der Waals surface area contributed by atoms with Crippen molar-refractivity contribution < 1.29 is 4.79 Å². The van der Waals surface area contributed by atoms with E-state index >= 15 is 0 Å². The van der Waals surface area contributed by atoms with Crippen molar-refractivity contribution in [2.45, 2.75) is 27.3 Å². The summed E-state index contributed by atoms with van der Waals surface area (Å²) < 4.78 is 0. The Balaban J connectivity index is 1.92. The predicted octanol–water partition coefficient (Wildman–Crippen LogP) is 5.91. The SMILES string of the molecule is Cc1cccc(CN(C(=O)C(C)C)c2csc(-c3ccccc3)c2)c1. The first kappa shape index (κ1) is 17.4. The van der Waals surface area contributed by atoms with Crippen LogP contribution in [0, 0.1) is 12.8 Å². The van der Waals surface area contributed by atoms with Crippen molar-refractivity contribution in [1.82, 2.24) is 0 Å². The van der Waals surface area contributed by atoms with Gasteiger partial charge in [0.25, 0.3) is 0 Å². The molecule has 0 aliphatic rings. The molecule has 2 nitrogen and oxygen atoms in total. The summed E-state index contributed by atoms with van der Waals surface area (Å²) in [6.07, 6.45) is 0. The highest BCUT2D eigenvalue weighted by Gasteiger charge is 2.20. The van der Waals surface area contributed by atoms with E-state index in [2.05, 4.69) is 48.7 Å². The first-order valence-corrected chi connectivity index (χ1v) is 9.43. The Hall–Kier alpha value is -2.39. The molecule has 128 valence electrons. The number of hydrogen-bond donors (Lipinski definition) is 0. The summed E-state index contributed by atoms with van der Waals surface area (Å²) in [4.78, 5) is 15.9. The Kier molecular flexibility index (Phi) is 5.34. The molecule has 0 saturated heterocycles. The number of amides is 1. The van der Waals surface area contributed by atoms with E-state index in [9.17, 15) is 4.79 Å². The molecule has 0 fully saturated rings. The van der Waals surface area contributed by atoms with Gasteiger partial charge in [-0.05, 0) is 24.1 Å². The molecular weight excluding hydrogens is 326 g/mol. The van der Waals surface area contributed by atoms with Gasteiger partial charge in [-0.2, -0.15) is 0 Å². The maximum atomic E-state index is 12.8. The first-order chi connectivity index (χ1) is 12.0. The number of carbonyl (C=O) groups excluding carboxylic acids is 1. The fourth-order valence-corrected chi connectivity index (χ4v) is 3.73. The average Bonchev–Trinajstić information content (AvgIpc) is 3.09. The summed E-state index contributed by atoms with van der Waals surface area (Å²) in [7, 11) is 0. The smallest absolute Gasteiger partial charge is 0.229 e. The molecule has 3 rings (SSSR count). The Morgan fingerprint density at radius 1 is 1.04 bits per heavy atom. The van der Waals surface area contributed by atoms with Gasteiger partial charge in [0.2, 0.25) is 5.91 Å². The summed E-state index contributed by atoms with van der Waals surface area (Å²) >= 11 is 1.68. The molecule has 0 unspecified atom stereocenters. The molecule has 3 aromatic rings. The van der Waals surface area contributed by atoms with Crippen molar-refractivity contribution >= 4 is 22.9 Å². The maximum absolute atomic E-state index is 12.8. The van der Waals surface area contributed by atoms with Crippen LogP contribution in [0.25, 0.3) is 10.4 Å². The van der Waals surface area contributed by atoms with E-state index in [1.807, 2.05) is 43.0 Å². The van der Waals surface area contributed by atoms with Crippen molar-refractivity contribution in [3.63, 3.8) is 0 Å². The summed E-state index contributed by atoms with van der Waals surface area (Å²) in [6.45, 7) is 6.59. The molecule has 1 heterocycles. The Morgan fingerprint density at radius 3 is 2.48 bits per heavy atom. The highest BCUT2D eigenvalue weighted by molar-refractivity contribution is 7.14. The lowest BCUT2D eigenvalue weighted by Gasteiger charge is -2.24. The van der Waals surface area contributed by atoms with Crippen LogP contribution in [0.15, 0.2) is 66.0 Å². The lowest BCUT2D eigenvalue weighted by atomic mass is 10.1. The topological polar surface area (TPSA) is 20.3 Å². The van der Waals surface area contributed by atoms with E-state index in [0.29, 0.717) is 6.54 Å². The fourth-order valence-electron chi connectivity index (χ4n) is 2.82. The second kappa shape index (κ2) is 7.66. The highest BCUT2D eigenvalue weighted by atomic mass is 32.1. The van der Waals surface area contributed by atoms with E-state index in [1.54, 1.807) is 11.3 Å². The van der Waals surface area contributed by atoms with Crippen molar-refractivity contribution in [3.05, 3.63) is 77.2 Å². The zero-order chi connectivity index (χ0) is 17.8. The highest BCUT2D eigenvalue weighted by Crippen LogP contribution is 2.33. The summed E-state index contributed by atoms with van der Waals surface area (Å²) in [5.74, 6) is 0.115.